The molecule has 7 heteroatoms. The number of hydrogen-bond donors (Lipinski definition) is 1. The zero-order valence-electron chi connectivity index (χ0n) is 17.0. The third kappa shape index (κ3) is 8.20. The summed E-state index contributed by atoms with van der Waals surface area (Å²) in [6, 6.07) is 6.99. The van der Waals surface area contributed by atoms with Gasteiger partial charge in [-0.1, -0.05) is 45.2 Å². The minimum Gasteiger partial charge on any atom is -0.495 e. The maximum atomic E-state index is 12.2. The first-order valence-corrected chi connectivity index (χ1v) is 11.6. The third-order valence-electron chi connectivity index (χ3n) is 4.65. The van der Waals surface area contributed by atoms with Gasteiger partial charge < -0.3 is 10.1 Å². The number of carbonyl (C=O) groups is 1. The second-order valence-electron chi connectivity index (χ2n) is 6.83. The van der Waals surface area contributed by atoms with Crippen LogP contribution in [0.25, 0.3) is 0 Å². The van der Waals surface area contributed by atoms with E-state index < -0.39 is 10.0 Å². The Bertz CT molecular complexity index is 676. The van der Waals surface area contributed by atoms with Gasteiger partial charge in [-0.25, -0.2) is 8.42 Å². The first-order valence-electron chi connectivity index (χ1n) is 9.70. The van der Waals surface area contributed by atoms with E-state index in [9.17, 15) is 13.2 Å². The van der Waals surface area contributed by atoms with Crippen molar-refractivity contribution in [3.8, 4) is 5.75 Å². The second kappa shape index (κ2) is 11.8. The SMILES string of the molecule is CCCC[C@@H](CC)CNC(=O)CCCN(c1ccccc1OC)S(C)(=O)=O. The van der Waals surface area contributed by atoms with E-state index in [0.29, 0.717) is 36.7 Å². The van der Waals surface area contributed by atoms with Crippen LogP contribution in [0.5, 0.6) is 5.75 Å². The molecule has 0 bridgehead atoms. The monoisotopic (exact) mass is 398 g/mol. The lowest BCUT2D eigenvalue weighted by atomic mass is 9.99. The van der Waals surface area contributed by atoms with E-state index >= 15 is 0 Å². The van der Waals surface area contributed by atoms with Crippen LogP contribution in [0.2, 0.25) is 0 Å². The molecule has 154 valence electrons. The average molecular weight is 399 g/mol. The molecule has 1 rings (SSSR count). The van der Waals surface area contributed by atoms with Crippen molar-refractivity contribution >= 4 is 21.6 Å². The summed E-state index contributed by atoms with van der Waals surface area (Å²) in [5.41, 5.74) is 0.494. The zero-order chi connectivity index (χ0) is 20.3. The summed E-state index contributed by atoms with van der Waals surface area (Å²) in [6.07, 6.45) is 6.43. The highest BCUT2D eigenvalue weighted by Crippen LogP contribution is 2.29. The molecule has 0 heterocycles. The number of para-hydroxylation sites is 2. The van der Waals surface area contributed by atoms with Crippen LogP contribution in [0.1, 0.15) is 52.4 Å². The molecule has 1 aromatic carbocycles. The van der Waals surface area contributed by atoms with Crippen LogP contribution >= 0.6 is 0 Å². The van der Waals surface area contributed by atoms with Gasteiger partial charge in [-0.05, 0) is 30.9 Å². The van der Waals surface area contributed by atoms with Gasteiger partial charge in [0.2, 0.25) is 15.9 Å². The smallest absolute Gasteiger partial charge is 0.232 e. The number of benzene rings is 1. The Morgan fingerprint density at radius 1 is 1.22 bits per heavy atom. The Labute approximate surface area is 164 Å². The highest BCUT2D eigenvalue weighted by molar-refractivity contribution is 7.92. The van der Waals surface area contributed by atoms with Crippen molar-refractivity contribution in [1.82, 2.24) is 5.32 Å². The quantitative estimate of drug-likeness (QED) is 0.551. The number of nitrogens with one attached hydrogen (secondary N) is 1. The molecule has 1 amide bonds. The molecule has 1 aromatic rings. The fourth-order valence-electron chi connectivity index (χ4n) is 2.97. The van der Waals surface area contributed by atoms with E-state index in [1.54, 1.807) is 24.3 Å². The van der Waals surface area contributed by atoms with Gasteiger partial charge in [0.15, 0.2) is 0 Å². The number of anilines is 1. The fourth-order valence-corrected chi connectivity index (χ4v) is 3.94. The van der Waals surface area contributed by atoms with E-state index in [1.807, 2.05) is 0 Å². The molecule has 0 spiro atoms. The number of amides is 1. The summed E-state index contributed by atoms with van der Waals surface area (Å²) < 4.78 is 31.0. The Balaban J connectivity index is 2.59. The van der Waals surface area contributed by atoms with Gasteiger partial charge in [0.05, 0.1) is 19.1 Å². The lowest BCUT2D eigenvalue weighted by molar-refractivity contribution is -0.121. The molecule has 0 aliphatic rings. The van der Waals surface area contributed by atoms with Gasteiger partial charge in [-0.3, -0.25) is 9.10 Å². The normalized spacial score (nSPS) is 12.4. The molecule has 0 saturated heterocycles. The maximum Gasteiger partial charge on any atom is 0.232 e. The van der Waals surface area contributed by atoms with Crippen LogP contribution in [0.3, 0.4) is 0 Å². The molecule has 0 aromatic heterocycles. The number of hydrogen-bond acceptors (Lipinski definition) is 4. The largest absolute Gasteiger partial charge is 0.495 e. The van der Waals surface area contributed by atoms with Crippen molar-refractivity contribution in [2.75, 3.05) is 30.8 Å². The molecule has 0 unspecified atom stereocenters. The number of methoxy groups -OCH3 is 1. The van der Waals surface area contributed by atoms with Gasteiger partial charge in [0.25, 0.3) is 0 Å². The van der Waals surface area contributed by atoms with Crippen molar-refractivity contribution in [2.24, 2.45) is 5.92 Å². The molecule has 27 heavy (non-hydrogen) atoms. The number of rotatable bonds is 13. The molecule has 1 N–H and O–H groups in total. The summed E-state index contributed by atoms with van der Waals surface area (Å²) in [5.74, 6) is 0.975. The second-order valence-corrected chi connectivity index (χ2v) is 8.74. The highest BCUT2D eigenvalue weighted by atomic mass is 32.2. The summed E-state index contributed by atoms with van der Waals surface area (Å²) in [4.78, 5) is 12.1. The highest BCUT2D eigenvalue weighted by Gasteiger charge is 2.20. The first-order chi connectivity index (χ1) is 12.8. The van der Waals surface area contributed by atoms with Crippen molar-refractivity contribution in [2.45, 2.75) is 52.4 Å². The van der Waals surface area contributed by atoms with Crippen LogP contribution in [0, 0.1) is 5.92 Å². The molecule has 0 aliphatic carbocycles. The summed E-state index contributed by atoms with van der Waals surface area (Å²) in [5, 5.41) is 2.99. The van der Waals surface area contributed by atoms with Gasteiger partial charge in [-0.2, -0.15) is 0 Å². The average Bonchev–Trinajstić information content (AvgIpc) is 2.64. The zero-order valence-corrected chi connectivity index (χ0v) is 17.8. The summed E-state index contributed by atoms with van der Waals surface area (Å²) in [7, 11) is -1.96. The third-order valence-corrected chi connectivity index (χ3v) is 5.83. The van der Waals surface area contributed by atoms with Crippen LogP contribution < -0.4 is 14.4 Å². The number of carbonyl (C=O) groups excluding carboxylic acids is 1. The lowest BCUT2D eigenvalue weighted by Crippen LogP contribution is -2.33. The van der Waals surface area contributed by atoms with E-state index in [1.165, 1.54) is 24.1 Å². The summed E-state index contributed by atoms with van der Waals surface area (Å²) >= 11 is 0. The molecule has 0 aliphatic heterocycles. The molecular formula is C20H34N2O4S. The standard InChI is InChI=1S/C20H34N2O4S/c1-5-7-11-17(6-2)16-21-20(23)14-10-15-22(27(4,24)25)18-12-8-9-13-19(18)26-3/h8-9,12-13,17H,5-7,10-11,14-16H2,1-4H3,(H,21,23)/t17-/m1/s1. The number of nitrogens with zero attached hydrogens (tertiary/aromatic N) is 1. The number of ether oxygens (including phenoxy) is 1. The minimum atomic E-state index is -3.47. The van der Waals surface area contributed by atoms with Gasteiger partial charge in [0.1, 0.15) is 5.75 Å². The van der Waals surface area contributed by atoms with Gasteiger partial charge >= 0.3 is 0 Å². The summed E-state index contributed by atoms with van der Waals surface area (Å²) in [6.45, 7) is 5.24. The van der Waals surface area contributed by atoms with E-state index in [-0.39, 0.29) is 12.5 Å². The molecular weight excluding hydrogens is 364 g/mol. The predicted octanol–water partition coefficient (Wildman–Crippen LogP) is 3.57. The Morgan fingerprint density at radius 3 is 2.52 bits per heavy atom. The lowest BCUT2D eigenvalue weighted by Gasteiger charge is -2.24. The van der Waals surface area contributed by atoms with Gasteiger partial charge in [0, 0.05) is 19.5 Å². The first kappa shape index (κ1) is 23.3. The van der Waals surface area contributed by atoms with E-state index in [4.69, 9.17) is 4.74 Å². The molecule has 0 saturated carbocycles. The van der Waals surface area contributed by atoms with Crippen LogP contribution in [-0.2, 0) is 14.8 Å². The number of sulfonamides is 1. The van der Waals surface area contributed by atoms with Crippen LogP contribution in [-0.4, -0.2) is 40.8 Å². The Kier molecular flexibility index (Phi) is 10.2. The van der Waals surface area contributed by atoms with Crippen molar-refractivity contribution < 1.29 is 17.9 Å². The fraction of sp³-hybridized carbons (Fsp3) is 0.650. The van der Waals surface area contributed by atoms with Gasteiger partial charge in [-0.15, -0.1) is 0 Å². The van der Waals surface area contributed by atoms with E-state index in [0.717, 1.165) is 19.3 Å². The van der Waals surface area contributed by atoms with E-state index in [2.05, 4.69) is 19.2 Å². The van der Waals surface area contributed by atoms with Crippen molar-refractivity contribution in [1.29, 1.82) is 0 Å². The molecule has 0 radical (unpaired) electrons. The van der Waals surface area contributed by atoms with Crippen LogP contribution in [0.15, 0.2) is 24.3 Å². The predicted molar refractivity (Wildman–Crippen MR) is 111 cm³/mol. The Morgan fingerprint density at radius 2 is 1.93 bits per heavy atom. The maximum absolute atomic E-state index is 12.2. The van der Waals surface area contributed by atoms with Crippen LogP contribution in [0.4, 0.5) is 5.69 Å². The minimum absolute atomic E-state index is 0.0292. The number of unbranched alkanes of at least 4 members (excludes halogenated alkanes) is 1. The molecule has 0 fully saturated rings. The molecule has 6 nitrogen and oxygen atoms in total. The van der Waals surface area contributed by atoms with Crippen molar-refractivity contribution in [3.63, 3.8) is 0 Å². The van der Waals surface area contributed by atoms with Crippen molar-refractivity contribution in [3.05, 3.63) is 24.3 Å². The Hall–Kier alpha value is -1.76. The topological polar surface area (TPSA) is 75.7 Å². The molecule has 1 atom stereocenters.